The maximum atomic E-state index is 12.3. The molecule has 2 atom stereocenters. The lowest BCUT2D eigenvalue weighted by Crippen LogP contribution is -2.43. The standard InChI is InChI=1S/C36H64O4/c1-3-5-7-9-11-13-15-17-19-21-23-25-27-29-31-33-35(37)40-34(36(38)39-33)32-30-28-26-24-22-20-18-16-14-12-10-8-6-4-2/h17-20,33-34H,3-16,21-32H2,1-2H3/b19-17-,20-18-. The molecule has 4 nitrogen and oxygen atoms in total. The van der Waals surface area contributed by atoms with E-state index in [4.69, 9.17) is 9.47 Å². The number of allylic oxidation sites excluding steroid dienone is 4. The number of cyclic esters (lactones) is 2. The molecule has 1 aliphatic heterocycles. The van der Waals surface area contributed by atoms with Crippen molar-refractivity contribution in [1.29, 1.82) is 0 Å². The third-order valence-corrected chi connectivity index (χ3v) is 8.00. The number of hydrogen-bond acceptors (Lipinski definition) is 4. The van der Waals surface area contributed by atoms with E-state index >= 15 is 0 Å². The van der Waals surface area contributed by atoms with Gasteiger partial charge in [0.15, 0.2) is 12.2 Å². The summed E-state index contributed by atoms with van der Waals surface area (Å²) in [6.07, 6.45) is 38.6. The Morgan fingerprint density at radius 2 is 0.700 bits per heavy atom. The smallest absolute Gasteiger partial charge is 0.348 e. The highest BCUT2D eigenvalue weighted by Gasteiger charge is 2.37. The summed E-state index contributed by atoms with van der Waals surface area (Å²) in [5, 5.41) is 0. The summed E-state index contributed by atoms with van der Waals surface area (Å²) in [5.74, 6) is -0.699. The molecule has 2 unspecified atom stereocenters. The SMILES string of the molecule is CCCCCCCC/C=C\CCCCCCC1OC(=O)C(CCCCCC/C=C\CCCCCCCC)OC1=O. The van der Waals surface area contributed by atoms with Gasteiger partial charge in [0.05, 0.1) is 0 Å². The number of hydrogen-bond donors (Lipinski definition) is 0. The maximum Gasteiger partial charge on any atom is 0.348 e. The Morgan fingerprint density at radius 1 is 0.425 bits per heavy atom. The van der Waals surface area contributed by atoms with Gasteiger partial charge in [-0.15, -0.1) is 0 Å². The molecule has 0 aromatic heterocycles. The summed E-state index contributed by atoms with van der Waals surface area (Å²) in [5.41, 5.74) is 0. The first-order chi connectivity index (χ1) is 19.7. The van der Waals surface area contributed by atoms with Crippen LogP contribution in [0.3, 0.4) is 0 Å². The lowest BCUT2D eigenvalue weighted by atomic mass is 10.0. The molecule has 1 fully saturated rings. The van der Waals surface area contributed by atoms with Crippen LogP contribution in [0.5, 0.6) is 0 Å². The normalized spacial score (nSPS) is 17.6. The van der Waals surface area contributed by atoms with Crippen molar-refractivity contribution < 1.29 is 19.1 Å². The second-order valence-corrected chi connectivity index (χ2v) is 11.9. The van der Waals surface area contributed by atoms with Gasteiger partial charge >= 0.3 is 11.9 Å². The topological polar surface area (TPSA) is 52.6 Å². The van der Waals surface area contributed by atoms with E-state index in [0.717, 1.165) is 51.4 Å². The summed E-state index contributed by atoms with van der Waals surface area (Å²) >= 11 is 0. The van der Waals surface area contributed by atoms with Gasteiger partial charge in [-0.3, -0.25) is 0 Å². The Kier molecular flexibility index (Phi) is 25.1. The average molecular weight is 561 g/mol. The Hall–Kier alpha value is -1.58. The van der Waals surface area contributed by atoms with Gasteiger partial charge < -0.3 is 9.47 Å². The van der Waals surface area contributed by atoms with E-state index in [1.54, 1.807) is 0 Å². The van der Waals surface area contributed by atoms with Gasteiger partial charge in [0.1, 0.15) is 0 Å². The summed E-state index contributed by atoms with van der Waals surface area (Å²) in [6.45, 7) is 4.52. The van der Waals surface area contributed by atoms with Crippen LogP contribution in [-0.4, -0.2) is 24.1 Å². The molecule has 1 aliphatic rings. The summed E-state index contributed by atoms with van der Waals surface area (Å²) < 4.78 is 10.9. The monoisotopic (exact) mass is 560 g/mol. The molecule has 0 spiro atoms. The second-order valence-electron chi connectivity index (χ2n) is 11.9. The number of carbonyl (C=O) groups excluding carboxylic acids is 2. The van der Waals surface area contributed by atoms with Crippen LogP contribution in [0, 0.1) is 0 Å². The highest BCUT2D eigenvalue weighted by molar-refractivity contribution is 5.87. The first kappa shape index (κ1) is 36.4. The maximum absolute atomic E-state index is 12.3. The van der Waals surface area contributed by atoms with Crippen molar-refractivity contribution >= 4 is 11.9 Å². The number of unbranched alkanes of at least 4 members (excludes halogenated alkanes) is 20. The first-order valence-electron chi connectivity index (χ1n) is 17.4. The van der Waals surface area contributed by atoms with Crippen LogP contribution < -0.4 is 0 Å². The molecule has 1 rings (SSSR count). The molecule has 0 aromatic rings. The fourth-order valence-electron chi connectivity index (χ4n) is 5.33. The van der Waals surface area contributed by atoms with E-state index in [0.29, 0.717) is 12.8 Å². The Morgan fingerprint density at radius 3 is 1.02 bits per heavy atom. The van der Waals surface area contributed by atoms with E-state index in [1.807, 2.05) is 0 Å². The van der Waals surface area contributed by atoms with Crippen molar-refractivity contribution in [3.63, 3.8) is 0 Å². The van der Waals surface area contributed by atoms with Crippen molar-refractivity contribution in [2.24, 2.45) is 0 Å². The molecule has 1 saturated heterocycles. The molecule has 0 bridgehead atoms. The number of esters is 2. The third kappa shape index (κ3) is 21.2. The van der Waals surface area contributed by atoms with Crippen molar-refractivity contribution in [1.82, 2.24) is 0 Å². The van der Waals surface area contributed by atoms with Gasteiger partial charge in [0.2, 0.25) is 0 Å². The second kappa shape index (κ2) is 27.6. The van der Waals surface area contributed by atoms with Crippen molar-refractivity contribution in [3.8, 4) is 0 Å². The van der Waals surface area contributed by atoms with Crippen LogP contribution in [-0.2, 0) is 19.1 Å². The first-order valence-corrected chi connectivity index (χ1v) is 17.4. The van der Waals surface area contributed by atoms with Gasteiger partial charge in [0.25, 0.3) is 0 Å². The lowest BCUT2D eigenvalue weighted by Gasteiger charge is -2.27. The van der Waals surface area contributed by atoms with E-state index in [2.05, 4.69) is 38.2 Å². The van der Waals surface area contributed by atoms with Gasteiger partial charge in [-0.2, -0.15) is 0 Å². The number of carbonyl (C=O) groups is 2. The van der Waals surface area contributed by atoms with Crippen molar-refractivity contribution in [3.05, 3.63) is 24.3 Å². The largest absolute Gasteiger partial charge is 0.448 e. The molecule has 1 heterocycles. The van der Waals surface area contributed by atoms with Crippen molar-refractivity contribution in [2.75, 3.05) is 0 Å². The zero-order valence-electron chi connectivity index (χ0n) is 26.5. The fourth-order valence-corrected chi connectivity index (χ4v) is 5.33. The molecule has 4 heteroatoms. The molecule has 232 valence electrons. The molecular formula is C36H64O4. The van der Waals surface area contributed by atoms with E-state index < -0.39 is 12.2 Å². The Labute approximate surface area is 248 Å². The van der Waals surface area contributed by atoms with Crippen molar-refractivity contribution in [2.45, 2.75) is 193 Å². The highest BCUT2D eigenvalue weighted by atomic mass is 16.6. The molecule has 0 aliphatic carbocycles. The molecule has 0 N–H and O–H groups in total. The van der Waals surface area contributed by atoms with Crippen LogP contribution in [0.4, 0.5) is 0 Å². The van der Waals surface area contributed by atoms with Gasteiger partial charge in [-0.25, -0.2) is 9.59 Å². The van der Waals surface area contributed by atoms with Gasteiger partial charge in [0, 0.05) is 0 Å². The molecule has 0 saturated carbocycles. The fraction of sp³-hybridized carbons (Fsp3) is 0.833. The Balaban J connectivity index is 1.95. The van der Waals surface area contributed by atoms with Crippen LogP contribution in [0.1, 0.15) is 181 Å². The minimum Gasteiger partial charge on any atom is -0.448 e. The van der Waals surface area contributed by atoms with Gasteiger partial charge in [-0.1, -0.05) is 128 Å². The summed E-state index contributed by atoms with van der Waals surface area (Å²) in [7, 11) is 0. The summed E-state index contributed by atoms with van der Waals surface area (Å²) in [6, 6.07) is 0. The van der Waals surface area contributed by atoms with E-state index in [-0.39, 0.29) is 11.9 Å². The Bertz CT molecular complexity index is 597. The van der Waals surface area contributed by atoms with Crippen LogP contribution >= 0.6 is 0 Å². The molecule has 0 amide bonds. The average Bonchev–Trinajstić information content (AvgIpc) is 2.95. The quantitative estimate of drug-likeness (QED) is 0.0542. The van der Waals surface area contributed by atoms with Crippen LogP contribution in [0.25, 0.3) is 0 Å². The zero-order chi connectivity index (χ0) is 28.9. The minimum atomic E-state index is -0.705. The van der Waals surface area contributed by atoms with Crippen LogP contribution in [0.2, 0.25) is 0 Å². The molecule has 0 aromatic carbocycles. The summed E-state index contributed by atoms with van der Waals surface area (Å²) in [4.78, 5) is 24.7. The van der Waals surface area contributed by atoms with Gasteiger partial charge in [-0.05, 0) is 77.0 Å². The lowest BCUT2D eigenvalue weighted by molar-refractivity contribution is -0.196. The van der Waals surface area contributed by atoms with E-state index in [9.17, 15) is 9.59 Å². The number of rotatable bonds is 28. The molecule has 0 radical (unpaired) electrons. The zero-order valence-corrected chi connectivity index (χ0v) is 26.5. The highest BCUT2D eigenvalue weighted by Crippen LogP contribution is 2.21. The van der Waals surface area contributed by atoms with Crippen LogP contribution in [0.15, 0.2) is 24.3 Å². The number of ether oxygens (including phenoxy) is 2. The van der Waals surface area contributed by atoms with E-state index in [1.165, 1.54) is 103 Å². The third-order valence-electron chi connectivity index (χ3n) is 8.00. The minimum absolute atomic E-state index is 0.349. The predicted octanol–water partition coefficient (Wildman–Crippen LogP) is 11.1. The molecule has 40 heavy (non-hydrogen) atoms. The molecular weight excluding hydrogens is 496 g/mol. The predicted molar refractivity (Wildman–Crippen MR) is 169 cm³/mol.